The summed E-state index contributed by atoms with van der Waals surface area (Å²) < 4.78 is 1.52. The topological polar surface area (TPSA) is 140 Å². The van der Waals surface area contributed by atoms with Crippen LogP contribution in [0.5, 0.6) is 0 Å². The molecule has 1 atom stereocenters. The van der Waals surface area contributed by atoms with Crippen molar-refractivity contribution in [2.75, 3.05) is 0 Å². The van der Waals surface area contributed by atoms with Gasteiger partial charge in [-0.3, -0.25) is 9.59 Å². The van der Waals surface area contributed by atoms with Crippen LogP contribution in [0.2, 0.25) is 0 Å². The van der Waals surface area contributed by atoms with Crippen LogP contribution in [0.1, 0.15) is 19.3 Å². The van der Waals surface area contributed by atoms with Crippen LogP contribution in [0.15, 0.2) is 11.1 Å². The van der Waals surface area contributed by atoms with Crippen molar-refractivity contribution >= 4 is 17.1 Å². The Morgan fingerprint density at radius 1 is 1.53 bits per heavy atom. The van der Waals surface area contributed by atoms with Crippen molar-refractivity contribution < 1.29 is 9.90 Å². The lowest BCUT2D eigenvalue weighted by Gasteiger charge is -2.05. The van der Waals surface area contributed by atoms with Gasteiger partial charge in [0.2, 0.25) is 0 Å². The number of carboxylic acids is 1. The number of aromatic nitrogens is 5. The van der Waals surface area contributed by atoms with Crippen LogP contribution < -0.4 is 11.3 Å². The molecule has 0 bridgehead atoms. The van der Waals surface area contributed by atoms with E-state index in [0.717, 1.165) is 0 Å². The average Bonchev–Trinajstić information content (AvgIpc) is 2.79. The molecule has 0 aliphatic rings. The maximum atomic E-state index is 11.4. The van der Waals surface area contributed by atoms with Crippen molar-refractivity contribution in [3.8, 4) is 0 Å². The van der Waals surface area contributed by atoms with Crippen LogP contribution in [0, 0.1) is 0 Å². The highest BCUT2D eigenvalue weighted by molar-refractivity contribution is 5.72. The summed E-state index contributed by atoms with van der Waals surface area (Å²) in [5, 5.41) is 16.2. The van der Waals surface area contributed by atoms with Gasteiger partial charge in [-0.15, -0.1) is 5.10 Å². The fourth-order valence-electron chi connectivity index (χ4n) is 1.70. The molecule has 0 aliphatic heterocycles. The van der Waals surface area contributed by atoms with Crippen LogP contribution in [-0.2, 0) is 11.3 Å². The second-order valence-corrected chi connectivity index (χ2v) is 4.16. The standard InChI is InChI=1S/C10H14N6O3/c11-6(10(18)19)3-1-2-4-16-8-7(14-15-16)9(17)13-5-12-8/h5-6H,1-4,11H2,(H,18,19)(H,12,13,17)/t6-/m0/s1. The smallest absolute Gasteiger partial charge is 0.320 e. The van der Waals surface area contributed by atoms with Gasteiger partial charge >= 0.3 is 5.97 Å². The van der Waals surface area contributed by atoms with Crippen LogP contribution in [0.25, 0.3) is 11.2 Å². The number of hydrogen-bond acceptors (Lipinski definition) is 6. The number of nitrogens with two attached hydrogens (primary N) is 1. The van der Waals surface area contributed by atoms with E-state index >= 15 is 0 Å². The van der Waals surface area contributed by atoms with Gasteiger partial charge in [0.05, 0.1) is 6.33 Å². The highest BCUT2D eigenvalue weighted by Gasteiger charge is 2.11. The molecule has 4 N–H and O–H groups in total. The third-order valence-electron chi connectivity index (χ3n) is 2.76. The summed E-state index contributed by atoms with van der Waals surface area (Å²) in [5.74, 6) is -1.00. The first-order valence-corrected chi connectivity index (χ1v) is 5.85. The highest BCUT2D eigenvalue weighted by atomic mass is 16.4. The summed E-state index contributed by atoms with van der Waals surface area (Å²) in [7, 11) is 0. The zero-order valence-electron chi connectivity index (χ0n) is 10.1. The minimum Gasteiger partial charge on any atom is -0.480 e. The number of aromatic amines is 1. The first-order valence-electron chi connectivity index (χ1n) is 5.85. The Balaban J connectivity index is 1.94. The first-order chi connectivity index (χ1) is 9.09. The quantitative estimate of drug-likeness (QED) is 0.575. The molecule has 0 unspecified atom stereocenters. The maximum absolute atomic E-state index is 11.4. The second-order valence-electron chi connectivity index (χ2n) is 4.16. The molecule has 0 saturated heterocycles. The molecule has 2 rings (SSSR count). The number of H-pyrrole nitrogens is 1. The first kappa shape index (κ1) is 13.1. The molecule has 2 aromatic heterocycles. The van der Waals surface area contributed by atoms with E-state index in [1.165, 1.54) is 11.0 Å². The van der Waals surface area contributed by atoms with E-state index in [-0.39, 0.29) is 11.1 Å². The van der Waals surface area contributed by atoms with E-state index in [0.29, 0.717) is 31.5 Å². The maximum Gasteiger partial charge on any atom is 0.320 e. The third-order valence-corrected chi connectivity index (χ3v) is 2.76. The Kier molecular flexibility index (Phi) is 3.85. The van der Waals surface area contributed by atoms with E-state index in [9.17, 15) is 9.59 Å². The number of unbranched alkanes of at least 4 members (excludes halogenated alkanes) is 1. The van der Waals surface area contributed by atoms with Gasteiger partial charge in [-0.2, -0.15) is 0 Å². The second kappa shape index (κ2) is 5.57. The number of aliphatic carboxylic acids is 1. The average molecular weight is 266 g/mol. The number of nitrogens with one attached hydrogen (secondary N) is 1. The van der Waals surface area contributed by atoms with Crippen molar-refractivity contribution in [3.05, 3.63) is 16.7 Å². The van der Waals surface area contributed by atoms with Crippen molar-refractivity contribution in [2.24, 2.45) is 5.73 Å². The number of rotatable bonds is 6. The molecule has 0 aromatic carbocycles. The molecule has 2 heterocycles. The predicted octanol–water partition coefficient (Wildman–Crippen LogP) is -0.903. The summed E-state index contributed by atoms with van der Waals surface area (Å²) in [6.45, 7) is 0.513. The minimum absolute atomic E-state index is 0.199. The molecule has 0 fully saturated rings. The molecule has 0 saturated carbocycles. The molecule has 9 heteroatoms. The van der Waals surface area contributed by atoms with E-state index in [4.69, 9.17) is 10.8 Å². The summed E-state index contributed by atoms with van der Waals surface area (Å²) in [5.41, 5.74) is 5.69. The molecule has 0 amide bonds. The SMILES string of the molecule is N[C@@H](CCCCn1nnc2c(=O)[nH]cnc21)C(=O)O. The largest absolute Gasteiger partial charge is 0.480 e. The Bertz CT molecular complexity index is 633. The van der Waals surface area contributed by atoms with E-state index in [1.54, 1.807) is 0 Å². The number of aryl methyl sites for hydroxylation is 1. The Hall–Kier alpha value is -2.29. The van der Waals surface area contributed by atoms with Crippen LogP contribution in [0.3, 0.4) is 0 Å². The van der Waals surface area contributed by atoms with Gasteiger partial charge in [-0.25, -0.2) is 9.67 Å². The Morgan fingerprint density at radius 2 is 2.32 bits per heavy atom. The lowest BCUT2D eigenvalue weighted by atomic mass is 10.1. The van der Waals surface area contributed by atoms with Crippen LogP contribution >= 0.6 is 0 Å². The number of nitrogens with zero attached hydrogens (tertiary/aromatic N) is 4. The Morgan fingerprint density at radius 3 is 3.05 bits per heavy atom. The van der Waals surface area contributed by atoms with Crippen LogP contribution in [0.4, 0.5) is 0 Å². The number of hydrogen-bond donors (Lipinski definition) is 3. The van der Waals surface area contributed by atoms with Crippen molar-refractivity contribution in [3.63, 3.8) is 0 Å². The molecule has 9 nitrogen and oxygen atoms in total. The predicted molar refractivity (Wildman–Crippen MR) is 65.4 cm³/mol. The van der Waals surface area contributed by atoms with E-state index in [1.807, 2.05) is 0 Å². The third kappa shape index (κ3) is 2.94. The zero-order chi connectivity index (χ0) is 13.8. The molecular formula is C10H14N6O3. The van der Waals surface area contributed by atoms with Crippen molar-refractivity contribution in [1.29, 1.82) is 0 Å². The molecule has 2 aromatic rings. The fraction of sp³-hybridized carbons (Fsp3) is 0.500. The van der Waals surface area contributed by atoms with E-state index < -0.39 is 12.0 Å². The van der Waals surface area contributed by atoms with Gasteiger partial charge in [0.15, 0.2) is 11.2 Å². The number of carboxylic acid groups (broad SMARTS) is 1. The Labute approximate surface area is 107 Å². The molecule has 102 valence electrons. The summed E-state index contributed by atoms with van der Waals surface area (Å²) >= 11 is 0. The van der Waals surface area contributed by atoms with Gasteiger partial charge in [-0.1, -0.05) is 5.21 Å². The summed E-state index contributed by atoms with van der Waals surface area (Å²) in [6, 6.07) is -0.839. The molecular weight excluding hydrogens is 252 g/mol. The van der Waals surface area contributed by atoms with Gasteiger partial charge in [-0.05, 0) is 19.3 Å². The van der Waals surface area contributed by atoms with Gasteiger partial charge in [0, 0.05) is 6.54 Å². The van der Waals surface area contributed by atoms with Crippen LogP contribution in [-0.4, -0.2) is 42.1 Å². The number of fused-ring (bicyclic) bond motifs is 1. The van der Waals surface area contributed by atoms with Gasteiger partial charge < -0.3 is 15.8 Å². The van der Waals surface area contributed by atoms with Crippen molar-refractivity contribution in [1.82, 2.24) is 25.0 Å². The fourth-order valence-corrected chi connectivity index (χ4v) is 1.70. The van der Waals surface area contributed by atoms with Gasteiger partial charge in [0.25, 0.3) is 5.56 Å². The highest BCUT2D eigenvalue weighted by Crippen LogP contribution is 2.05. The van der Waals surface area contributed by atoms with Crippen molar-refractivity contribution in [2.45, 2.75) is 31.8 Å². The summed E-state index contributed by atoms with van der Waals surface area (Å²) in [4.78, 5) is 28.4. The zero-order valence-corrected chi connectivity index (χ0v) is 10.1. The minimum atomic E-state index is -1.00. The van der Waals surface area contributed by atoms with Gasteiger partial charge in [0.1, 0.15) is 6.04 Å². The normalized spacial score (nSPS) is 12.7. The molecule has 19 heavy (non-hydrogen) atoms. The molecule has 0 spiro atoms. The van der Waals surface area contributed by atoms with E-state index in [2.05, 4.69) is 20.3 Å². The summed E-state index contributed by atoms with van der Waals surface area (Å²) in [6.07, 6.45) is 3.03. The molecule has 0 radical (unpaired) electrons. The monoisotopic (exact) mass is 266 g/mol. The molecule has 0 aliphatic carbocycles. The number of carbonyl (C=O) groups is 1. The lowest BCUT2D eigenvalue weighted by Crippen LogP contribution is -2.29. The lowest BCUT2D eigenvalue weighted by molar-refractivity contribution is -0.138.